The first-order valence-electron chi connectivity index (χ1n) is 6.68. The number of rotatable bonds is 5. The maximum Gasteiger partial charge on any atom is 0.134 e. The predicted octanol–water partition coefficient (Wildman–Crippen LogP) is 4.02. The molecule has 1 aromatic carbocycles. The van der Waals surface area contributed by atoms with Crippen LogP contribution in [0.1, 0.15) is 38.0 Å². The number of hydrogen-bond donors (Lipinski definition) is 1. The van der Waals surface area contributed by atoms with Crippen LogP contribution in [0.15, 0.2) is 28.7 Å². The highest BCUT2D eigenvalue weighted by Crippen LogP contribution is 2.38. The lowest BCUT2D eigenvalue weighted by molar-refractivity contribution is 0.402. The van der Waals surface area contributed by atoms with E-state index in [1.165, 1.54) is 25.0 Å². The molecule has 0 radical (unpaired) electrons. The van der Waals surface area contributed by atoms with E-state index in [0.717, 1.165) is 35.6 Å². The lowest BCUT2D eigenvalue weighted by atomic mass is 10.1. The van der Waals surface area contributed by atoms with Crippen LogP contribution in [-0.2, 0) is 0 Å². The maximum absolute atomic E-state index is 13.2. The Morgan fingerprint density at radius 1 is 1.39 bits per heavy atom. The molecule has 0 bridgehead atoms. The van der Waals surface area contributed by atoms with Crippen LogP contribution in [0.4, 0.5) is 4.39 Å². The zero-order valence-corrected chi connectivity index (χ0v) is 10.6. The maximum atomic E-state index is 13.2. The van der Waals surface area contributed by atoms with Crippen molar-refractivity contribution in [3.63, 3.8) is 0 Å². The van der Waals surface area contributed by atoms with Gasteiger partial charge in [0.15, 0.2) is 0 Å². The average Bonchev–Trinajstić information content (AvgIpc) is 3.06. The van der Waals surface area contributed by atoms with Crippen molar-refractivity contribution >= 4 is 11.0 Å². The Morgan fingerprint density at radius 3 is 2.94 bits per heavy atom. The van der Waals surface area contributed by atoms with Gasteiger partial charge in [-0.05, 0) is 43.1 Å². The molecule has 3 rings (SSSR count). The second-order valence-corrected chi connectivity index (χ2v) is 5.12. The molecule has 1 heterocycles. The summed E-state index contributed by atoms with van der Waals surface area (Å²) >= 11 is 0. The Kier molecular flexibility index (Phi) is 3.08. The van der Waals surface area contributed by atoms with Gasteiger partial charge in [0.1, 0.15) is 17.2 Å². The SMILES string of the molecule is CCNC(CC1CC1)c1cc2cc(F)ccc2o1. The summed E-state index contributed by atoms with van der Waals surface area (Å²) in [6.07, 6.45) is 3.78. The fraction of sp³-hybridized carbons (Fsp3) is 0.467. The first-order chi connectivity index (χ1) is 8.76. The molecular weight excluding hydrogens is 229 g/mol. The van der Waals surface area contributed by atoms with Gasteiger partial charge in [-0.1, -0.05) is 19.8 Å². The summed E-state index contributed by atoms with van der Waals surface area (Å²) in [5.41, 5.74) is 0.769. The number of fused-ring (bicyclic) bond motifs is 1. The van der Waals surface area contributed by atoms with E-state index in [4.69, 9.17) is 4.42 Å². The molecule has 0 aliphatic heterocycles. The lowest BCUT2D eigenvalue weighted by Crippen LogP contribution is -2.20. The quantitative estimate of drug-likeness (QED) is 0.863. The van der Waals surface area contributed by atoms with Crippen LogP contribution in [0.25, 0.3) is 11.0 Å². The molecule has 0 saturated heterocycles. The molecule has 1 aromatic heterocycles. The summed E-state index contributed by atoms with van der Waals surface area (Å²) in [4.78, 5) is 0. The molecule has 0 spiro atoms. The van der Waals surface area contributed by atoms with Crippen LogP contribution in [-0.4, -0.2) is 6.54 Å². The van der Waals surface area contributed by atoms with Crippen LogP contribution in [0.3, 0.4) is 0 Å². The number of halogens is 1. The number of benzene rings is 1. The van der Waals surface area contributed by atoms with Gasteiger partial charge < -0.3 is 9.73 Å². The van der Waals surface area contributed by atoms with Crippen molar-refractivity contribution in [2.75, 3.05) is 6.54 Å². The normalized spacial score (nSPS) is 17.2. The molecule has 3 heteroatoms. The van der Waals surface area contributed by atoms with E-state index in [1.54, 1.807) is 6.07 Å². The Hall–Kier alpha value is -1.35. The van der Waals surface area contributed by atoms with Gasteiger partial charge in [-0.2, -0.15) is 0 Å². The Labute approximate surface area is 106 Å². The van der Waals surface area contributed by atoms with E-state index in [2.05, 4.69) is 12.2 Å². The lowest BCUT2D eigenvalue weighted by Gasteiger charge is -2.14. The fourth-order valence-corrected chi connectivity index (χ4v) is 2.44. The first-order valence-corrected chi connectivity index (χ1v) is 6.68. The Balaban J connectivity index is 1.89. The minimum absolute atomic E-state index is 0.211. The van der Waals surface area contributed by atoms with Gasteiger partial charge >= 0.3 is 0 Å². The van der Waals surface area contributed by atoms with E-state index >= 15 is 0 Å². The minimum atomic E-state index is -0.211. The Bertz CT molecular complexity index is 544. The second kappa shape index (κ2) is 4.73. The van der Waals surface area contributed by atoms with Gasteiger partial charge in [-0.25, -0.2) is 4.39 Å². The second-order valence-electron chi connectivity index (χ2n) is 5.12. The molecule has 1 aliphatic carbocycles. The van der Waals surface area contributed by atoms with Gasteiger partial charge in [0, 0.05) is 5.39 Å². The first kappa shape index (κ1) is 11.7. The van der Waals surface area contributed by atoms with Crippen LogP contribution >= 0.6 is 0 Å². The molecule has 1 atom stereocenters. The molecule has 1 fully saturated rings. The molecule has 18 heavy (non-hydrogen) atoms. The summed E-state index contributed by atoms with van der Waals surface area (Å²) < 4.78 is 19.0. The molecule has 0 amide bonds. The summed E-state index contributed by atoms with van der Waals surface area (Å²) in [5, 5.41) is 4.31. The average molecular weight is 247 g/mol. The van der Waals surface area contributed by atoms with Crippen molar-refractivity contribution in [2.45, 2.75) is 32.2 Å². The number of nitrogens with one attached hydrogen (secondary N) is 1. The third kappa shape index (κ3) is 2.41. The van der Waals surface area contributed by atoms with Gasteiger partial charge in [0.2, 0.25) is 0 Å². The zero-order chi connectivity index (χ0) is 12.5. The molecule has 2 nitrogen and oxygen atoms in total. The van der Waals surface area contributed by atoms with E-state index in [-0.39, 0.29) is 11.9 Å². The topological polar surface area (TPSA) is 25.2 Å². The van der Waals surface area contributed by atoms with Gasteiger partial charge in [0.25, 0.3) is 0 Å². The monoisotopic (exact) mass is 247 g/mol. The van der Waals surface area contributed by atoms with Gasteiger partial charge in [-0.3, -0.25) is 0 Å². The van der Waals surface area contributed by atoms with Crippen molar-refractivity contribution in [3.05, 3.63) is 35.8 Å². The minimum Gasteiger partial charge on any atom is -0.459 e. The van der Waals surface area contributed by atoms with Crippen LogP contribution in [0.5, 0.6) is 0 Å². The zero-order valence-electron chi connectivity index (χ0n) is 10.6. The van der Waals surface area contributed by atoms with Crippen molar-refractivity contribution in [1.29, 1.82) is 0 Å². The van der Waals surface area contributed by atoms with Crippen molar-refractivity contribution < 1.29 is 8.81 Å². The summed E-state index contributed by atoms with van der Waals surface area (Å²) in [5.74, 6) is 1.56. The largest absolute Gasteiger partial charge is 0.459 e. The molecule has 1 unspecified atom stereocenters. The number of furan rings is 1. The highest BCUT2D eigenvalue weighted by molar-refractivity contribution is 5.78. The Morgan fingerprint density at radius 2 is 2.22 bits per heavy atom. The predicted molar refractivity (Wildman–Crippen MR) is 69.9 cm³/mol. The van der Waals surface area contributed by atoms with Crippen molar-refractivity contribution in [2.24, 2.45) is 5.92 Å². The molecule has 96 valence electrons. The van der Waals surface area contributed by atoms with Crippen LogP contribution < -0.4 is 5.32 Å². The smallest absolute Gasteiger partial charge is 0.134 e. The molecular formula is C15H18FNO. The third-order valence-corrected chi connectivity index (χ3v) is 3.56. The molecule has 1 N–H and O–H groups in total. The van der Waals surface area contributed by atoms with Gasteiger partial charge in [0.05, 0.1) is 6.04 Å². The van der Waals surface area contributed by atoms with Gasteiger partial charge in [-0.15, -0.1) is 0 Å². The molecule has 1 aliphatic rings. The summed E-state index contributed by atoms with van der Waals surface area (Å²) in [6, 6.07) is 6.90. The molecule has 1 saturated carbocycles. The summed E-state index contributed by atoms with van der Waals surface area (Å²) in [7, 11) is 0. The summed E-state index contributed by atoms with van der Waals surface area (Å²) in [6.45, 7) is 3.02. The standard InChI is InChI=1S/C15H18FNO/c1-2-17-13(7-10-3-4-10)15-9-11-8-12(16)5-6-14(11)18-15/h5-6,8-10,13,17H,2-4,7H2,1H3. The highest BCUT2D eigenvalue weighted by atomic mass is 19.1. The number of hydrogen-bond acceptors (Lipinski definition) is 2. The molecule has 2 aromatic rings. The van der Waals surface area contributed by atoms with E-state index < -0.39 is 0 Å². The van der Waals surface area contributed by atoms with Crippen LogP contribution in [0, 0.1) is 11.7 Å². The van der Waals surface area contributed by atoms with E-state index in [1.807, 2.05) is 6.07 Å². The third-order valence-electron chi connectivity index (χ3n) is 3.56. The van der Waals surface area contributed by atoms with E-state index in [9.17, 15) is 4.39 Å². The fourth-order valence-electron chi connectivity index (χ4n) is 2.44. The van der Waals surface area contributed by atoms with Crippen molar-refractivity contribution in [3.8, 4) is 0 Å². The van der Waals surface area contributed by atoms with E-state index in [0.29, 0.717) is 0 Å². The van der Waals surface area contributed by atoms with Crippen LogP contribution in [0.2, 0.25) is 0 Å². The van der Waals surface area contributed by atoms with Crippen molar-refractivity contribution in [1.82, 2.24) is 5.32 Å². The highest BCUT2D eigenvalue weighted by Gasteiger charge is 2.27.